The quantitative estimate of drug-likeness (QED) is 0.541. The van der Waals surface area contributed by atoms with E-state index in [4.69, 9.17) is 0 Å². The fourth-order valence-electron chi connectivity index (χ4n) is 1.68. The molecule has 0 aliphatic heterocycles. The summed E-state index contributed by atoms with van der Waals surface area (Å²) in [5.41, 5.74) is -3.49. The minimum atomic E-state index is -4.94. The first-order valence-electron chi connectivity index (χ1n) is 6.24. The van der Waals surface area contributed by atoms with Gasteiger partial charge >= 0.3 is 12.4 Å². The number of benzene rings is 1. The molecule has 1 aromatic carbocycles. The Balaban J connectivity index is 3.23. The lowest BCUT2D eigenvalue weighted by molar-refractivity contribution is -0.143. The number of hydrogen-bond donors (Lipinski definition) is 0. The summed E-state index contributed by atoms with van der Waals surface area (Å²) in [5.74, 6) is -0.595. The second-order valence-electron chi connectivity index (χ2n) is 5.15. The lowest BCUT2D eigenvalue weighted by atomic mass is 9.97. The number of ketones is 1. The Labute approximate surface area is 118 Å². The molecule has 0 saturated heterocycles. The van der Waals surface area contributed by atoms with Crippen LogP contribution in [0.5, 0.6) is 0 Å². The third kappa shape index (κ3) is 5.06. The molecule has 0 aliphatic rings. The molecule has 0 bridgehead atoms. The maximum Gasteiger partial charge on any atom is 0.416 e. The summed E-state index contributed by atoms with van der Waals surface area (Å²) in [6.45, 7) is 3.61. The summed E-state index contributed by atoms with van der Waals surface area (Å²) >= 11 is 0. The van der Waals surface area contributed by atoms with E-state index in [0.717, 1.165) is 0 Å². The molecular weight excluding hydrogens is 298 g/mol. The Bertz CT molecular complexity index is 481. The minimum Gasteiger partial charge on any atom is -0.294 e. The fraction of sp³-hybridized carbons (Fsp3) is 0.500. The molecule has 0 aliphatic carbocycles. The largest absolute Gasteiger partial charge is 0.416 e. The van der Waals surface area contributed by atoms with Crippen molar-refractivity contribution in [2.45, 2.75) is 39.0 Å². The van der Waals surface area contributed by atoms with Crippen LogP contribution < -0.4 is 0 Å². The lowest BCUT2D eigenvalue weighted by Crippen LogP contribution is -2.13. The van der Waals surface area contributed by atoms with E-state index < -0.39 is 34.8 Å². The van der Waals surface area contributed by atoms with Gasteiger partial charge in [-0.05, 0) is 30.5 Å². The maximum absolute atomic E-state index is 12.6. The number of hydrogen-bond acceptors (Lipinski definition) is 1. The zero-order valence-corrected chi connectivity index (χ0v) is 11.4. The van der Waals surface area contributed by atoms with Crippen LogP contribution in [0.4, 0.5) is 26.3 Å². The standard InChI is InChI=1S/C14H14F6O/c1-8(2)3-4-12(21)9-5-10(13(15,16)17)7-11(6-9)14(18,19)20/h5-8H,3-4H2,1-2H3. The van der Waals surface area contributed by atoms with Crippen LogP contribution in [0, 0.1) is 5.92 Å². The second kappa shape index (κ2) is 6.07. The smallest absolute Gasteiger partial charge is 0.294 e. The van der Waals surface area contributed by atoms with Gasteiger partial charge in [0.2, 0.25) is 0 Å². The maximum atomic E-state index is 12.6. The summed E-state index contributed by atoms with van der Waals surface area (Å²) in [5, 5.41) is 0. The third-order valence-corrected chi connectivity index (χ3v) is 2.86. The number of alkyl halides is 6. The van der Waals surface area contributed by atoms with E-state index in [1.165, 1.54) is 0 Å². The van der Waals surface area contributed by atoms with Crippen molar-refractivity contribution in [1.29, 1.82) is 0 Å². The Morgan fingerprint density at radius 2 is 1.38 bits per heavy atom. The molecule has 118 valence electrons. The first-order chi connectivity index (χ1) is 9.41. The predicted octanol–water partition coefficient (Wildman–Crippen LogP) is 5.34. The van der Waals surface area contributed by atoms with Crippen molar-refractivity contribution in [2.24, 2.45) is 5.92 Å². The van der Waals surface area contributed by atoms with Gasteiger partial charge in [-0.25, -0.2) is 0 Å². The highest BCUT2D eigenvalue weighted by molar-refractivity contribution is 5.96. The monoisotopic (exact) mass is 312 g/mol. The number of Topliss-reactive ketones (excluding diaryl/α,β-unsaturated/α-hetero) is 1. The molecule has 1 aromatic rings. The van der Waals surface area contributed by atoms with Crippen LogP contribution in [-0.4, -0.2) is 5.78 Å². The van der Waals surface area contributed by atoms with E-state index in [2.05, 4.69) is 0 Å². The van der Waals surface area contributed by atoms with Crippen LogP contribution in [0.15, 0.2) is 18.2 Å². The molecule has 0 radical (unpaired) electrons. The van der Waals surface area contributed by atoms with Gasteiger partial charge in [0.25, 0.3) is 0 Å². The zero-order valence-electron chi connectivity index (χ0n) is 11.4. The average molecular weight is 312 g/mol. The summed E-state index contributed by atoms with van der Waals surface area (Å²) in [6.07, 6.45) is -9.56. The summed E-state index contributed by atoms with van der Waals surface area (Å²) in [4.78, 5) is 11.8. The van der Waals surface area contributed by atoms with Gasteiger partial charge in [0.15, 0.2) is 5.78 Å². The van der Waals surface area contributed by atoms with Crippen molar-refractivity contribution in [1.82, 2.24) is 0 Å². The van der Waals surface area contributed by atoms with Crippen LogP contribution in [0.25, 0.3) is 0 Å². The highest BCUT2D eigenvalue weighted by atomic mass is 19.4. The molecule has 1 rings (SSSR count). The fourth-order valence-corrected chi connectivity index (χ4v) is 1.68. The molecule has 0 atom stereocenters. The molecule has 7 heteroatoms. The van der Waals surface area contributed by atoms with Crippen molar-refractivity contribution in [3.8, 4) is 0 Å². The highest BCUT2D eigenvalue weighted by Crippen LogP contribution is 2.36. The van der Waals surface area contributed by atoms with E-state index in [9.17, 15) is 31.1 Å². The molecule has 0 heterocycles. The Kier molecular flexibility index (Phi) is 5.07. The van der Waals surface area contributed by atoms with E-state index in [-0.39, 0.29) is 18.4 Å². The van der Waals surface area contributed by atoms with Crippen molar-refractivity contribution >= 4 is 5.78 Å². The SMILES string of the molecule is CC(C)CCC(=O)c1cc(C(F)(F)F)cc(C(F)(F)F)c1. The molecule has 0 saturated carbocycles. The second-order valence-corrected chi connectivity index (χ2v) is 5.15. The van der Waals surface area contributed by atoms with Gasteiger partial charge in [-0.1, -0.05) is 13.8 Å². The molecule has 0 N–H and O–H groups in total. The topological polar surface area (TPSA) is 17.1 Å². The van der Waals surface area contributed by atoms with Crippen LogP contribution in [0.1, 0.15) is 48.2 Å². The average Bonchev–Trinajstić information content (AvgIpc) is 2.33. The van der Waals surface area contributed by atoms with Crippen LogP contribution >= 0.6 is 0 Å². The normalized spacial score (nSPS) is 12.8. The van der Waals surface area contributed by atoms with Gasteiger partial charge in [0.05, 0.1) is 11.1 Å². The van der Waals surface area contributed by atoms with E-state index in [1.54, 1.807) is 13.8 Å². The molecule has 0 unspecified atom stereocenters. The summed E-state index contributed by atoms with van der Waals surface area (Å²) in [6, 6.07) is 0.953. The van der Waals surface area contributed by atoms with Crippen LogP contribution in [-0.2, 0) is 12.4 Å². The van der Waals surface area contributed by atoms with Gasteiger partial charge in [-0.15, -0.1) is 0 Å². The van der Waals surface area contributed by atoms with Crippen LogP contribution in [0.2, 0.25) is 0 Å². The van der Waals surface area contributed by atoms with Gasteiger partial charge in [-0.2, -0.15) is 26.3 Å². The number of rotatable bonds is 4. The number of carbonyl (C=O) groups is 1. The van der Waals surface area contributed by atoms with Gasteiger partial charge in [0, 0.05) is 12.0 Å². The Morgan fingerprint density at radius 3 is 1.71 bits per heavy atom. The summed E-state index contributed by atoms with van der Waals surface area (Å²) in [7, 11) is 0. The molecule has 0 amide bonds. The van der Waals surface area contributed by atoms with E-state index in [1.807, 2.05) is 0 Å². The Morgan fingerprint density at radius 1 is 0.952 bits per heavy atom. The number of carbonyl (C=O) groups excluding carboxylic acids is 1. The molecule has 0 aromatic heterocycles. The summed E-state index contributed by atoms with van der Waals surface area (Å²) < 4.78 is 75.8. The molecule has 21 heavy (non-hydrogen) atoms. The van der Waals surface area contributed by atoms with E-state index >= 15 is 0 Å². The van der Waals surface area contributed by atoms with Gasteiger partial charge in [0.1, 0.15) is 0 Å². The van der Waals surface area contributed by atoms with Crippen molar-refractivity contribution < 1.29 is 31.1 Å². The highest BCUT2D eigenvalue weighted by Gasteiger charge is 2.37. The van der Waals surface area contributed by atoms with E-state index in [0.29, 0.717) is 18.6 Å². The molecule has 1 nitrogen and oxygen atoms in total. The zero-order chi connectivity index (χ0) is 16.4. The van der Waals surface area contributed by atoms with Gasteiger partial charge in [-0.3, -0.25) is 4.79 Å². The minimum absolute atomic E-state index is 0.0131. The first kappa shape index (κ1) is 17.5. The molecular formula is C14H14F6O. The Hall–Kier alpha value is -1.53. The van der Waals surface area contributed by atoms with Crippen LogP contribution in [0.3, 0.4) is 0 Å². The van der Waals surface area contributed by atoms with Crippen molar-refractivity contribution in [3.63, 3.8) is 0 Å². The lowest BCUT2D eigenvalue weighted by Gasteiger charge is -2.14. The molecule has 0 spiro atoms. The number of halogens is 6. The van der Waals surface area contributed by atoms with Crippen molar-refractivity contribution in [2.75, 3.05) is 0 Å². The first-order valence-corrected chi connectivity index (χ1v) is 6.24. The van der Waals surface area contributed by atoms with Crippen molar-refractivity contribution in [3.05, 3.63) is 34.9 Å². The third-order valence-electron chi connectivity index (χ3n) is 2.86. The van der Waals surface area contributed by atoms with Gasteiger partial charge < -0.3 is 0 Å². The predicted molar refractivity (Wildman–Crippen MR) is 64.8 cm³/mol. The molecule has 0 fully saturated rings.